The Bertz CT molecular complexity index is 1160. The Morgan fingerprint density at radius 1 is 1.05 bits per heavy atom. The normalized spacial score (nSPS) is 16.7. The van der Waals surface area contributed by atoms with Gasteiger partial charge in [0, 0.05) is 31.6 Å². The Morgan fingerprint density at radius 3 is 2.38 bits per heavy atom. The zero-order chi connectivity index (χ0) is 28.4. The van der Waals surface area contributed by atoms with E-state index < -0.39 is 34.7 Å². The first-order chi connectivity index (χ1) is 18.6. The largest absolute Gasteiger partial charge is 0.480 e. The van der Waals surface area contributed by atoms with E-state index in [4.69, 9.17) is 11.5 Å². The molecule has 1 aliphatic heterocycles. The van der Waals surface area contributed by atoms with Crippen LogP contribution in [0, 0.1) is 0 Å². The minimum atomic E-state index is -3.40. The molecule has 2 aromatic rings. The van der Waals surface area contributed by atoms with Gasteiger partial charge in [-0.15, -0.1) is 10.8 Å². The summed E-state index contributed by atoms with van der Waals surface area (Å²) in [5.41, 5.74) is 11.7. The number of anilines is 1. The van der Waals surface area contributed by atoms with Crippen LogP contribution in [0.3, 0.4) is 0 Å². The van der Waals surface area contributed by atoms with Crippen LogP contribution in [0.5, 0.6) is 0 Å². The van der Waals surface area contributed by atoms with Crippen molar-refractivity contribution in [2.45, 2.75) is 55.5 Å². The van der Waals surface area contributed by atoms with E-state index in [1.165, 1.54) is 4.31 Å². The molecule has 0 unspecified atom stereocenters. The molecule has 3 rings (SSSR count). The van der Waals surface area contributed by atoms with Crippen LogP contribution in [0.4, 0.5) is 5.69 Å². The molecule has 2 atom stereocenters. The van der Waals surface area contributed by atoms with Gasteiger partial charge >= 0.3 is 5.97 Å². The Labute approximate surface area is 229 Å². The van der Waals surface area contributed by atoms with Gasteiger partial charge in [-0.05, 0) is 55.5 Å². The van der Waals surface area contributed by atoms with Gasteiger partial charge in [-0.1, -0.05) is 30.3 Å². The number of nitrogens with one attached hydrogen (secondary N) is 2. The molecule has 0 saturated carbocycles. The third-order valence-corrected chi connectivity index (χ3v) is 8.29. The summed E-state index contributed by atoms with van der Waals surface area (Å²) in [5.74, 6) is -1.92. The summed E-state index contributed by atoms with van der Waals surface area (Å²) in [6.07, 6.45) is 2.57. The minimum absolute atomic E-state index is 0.0156. The van der Waals surface area contributed by atoms with Gasteiger partial charge in [0.05, 0.1) is 4.90 Å². The first kappa shape index (κ1) is 29.9. The lowest BCUT2D eigenvalue weighted by atomic mass is 10.0. The third kappa shape index (κ3) is 8.68. The summed E-state index contributed by atoms with van der Waals surface area (Å²) in [7, 11) is -3.40. The summed E-state index contributed by atoms with van der Waals surface area (Å²) >= 11 is 0. The summed E-state index contributed by atoms with van der Waals surface area (Å²) in [4.78, 5) is 41.3. The van der Waals surface area contributed by atoms with Crippen LogP contribution >= 0.6 is 10.8 Å². The molecule has 12 nitrogen and oxygen atoms in total. The molecule has 1 saturated heterocycles. The Hall–Kier alpha value is -3.65. The predicted octanol–water partition coefficient (Wildman–Crippen LogP) is 2.37. The fourth-order valence-electron chi connectivity index (χ4n) is 4.30. The Balaban J connectivity index is 1.55. The maximum absolute atomic E-state index is 13.1. The fraction of sp³-hybridized carbons (Fsp3) is 0.385. The lowest BCUT2D eigenvalue weighted by Gasteiger charge is -2.43. The van der Waals surface area contributed by atoms with Gasteiger partial charge in [0.1, 0.15) is 12.1 Å². The molecule has 0 radical (unpaired) electrons. The molecule has 1 aliphatic rings. The quantitative estimate of drug-likeness (QED) is 0.109. The second-order valence-corrected chi connectivity index (χ2v) is 11.2. The van der Waals surface area contributed by atoms with Crippen LogP contribution in [0.2, 0.25) is 0 Å². The molecule has 0 aromatic heterocycles. The number of carboxylic acid groups (broad SMARTS) is 1. The highest BCUT2D eigenvalue weighted by Gasteiger charge is 2.40. The maximum atomic E-state index is 13.1. The van der Waals surface area contributed by atoms with E-state index in [0.717, 1.165) is 0 Å². The number of nitrogens with two attached hydrogens (primary N) is 2. The number of benzene rings is 2. The van der Waals surface area contributed by atoms with E-state index in [1.807, 2.05) is 0 Å². The summed E-state index contributed by atoms with van der Waals surface area (Å²) in [6.45, 7) is 0.760. The zero-order valence-corrected chi connectivity index (χ0v) is 22.3. The molecular weight excluding hydrogens is 524 g/mol. The standard InChI is InChI=1S/C26H36N6O6S/c27-26(28)29-15-5-4-10-23(33)30-19-13-11-18(12-14-19)17-21(25(35)36)31-24(34)22-9-6-16-32(22)39(37,38)20-7-2-1-3-8-20/h1-3,7-8,11-14,21-22,37-38H,4-6,9-10,15-17H2,(H,30,33)(H,31,34)(H,35,36)(H4,27,28,29)/t21-,22-/m0/s1. The van der Waals surface area contributed by atoms with Gasteiger partial charge in [0.2, 0.25) is 11.8 Å². The number of carboxylic acids is 1. The van der Waals surface area contributed by atoms with Crippen LogP contribution in [0.25, 0.3) is 0 Å². The minimum Gasteiger partial charge on any atom is -0.480 e. The van der Waals surface area contributed by atoms with E-state index in [9.17, 15) is 28.6 Å². The van der Waals surface area contributed by atoms with Crippen molar-refractivity contribution in [2.75, 3.05) is 18.4 Å². The zero-order valence-electron chi connectivity index (χ0n) is 21.5. The molecular formula is C26H36N6O6S. The van der Waals surface area contributed by atoms with Gasteiger partial charge in [-0.25, -0.2) is 4.79 Å². The van der Waals surface area contributed by atoms with Crippen molar-refractivity contribution in [2.24, 2.45) is 16.5 Å². The van der Waals surface area contributed by atoms with Crippen LogP contribution in [-0.2, 0) is 20.8 Å². The maximum Gasteiger partial charge on any atom is 0.326 e. The second kappa shape index (κ2) is 13.9. The van der Waals surface area contributed by atoms with Crippen molar-refractivity contribution in [1.29, 1.82) is 0 Å². The van der Waals surface area contributed by atoms with Gasteiger partial charge < -0.3 is 27.2 Å². The number of carbonyl (C=O) groups excluding carboxylic acids is 2. The van der Waals surface area contributed by atoms with Crippen molar-refractivity contribution >= 4 is 40.2 Å². The van der Waals surface area contributed by atoms with Gasteiger partial charge in [-0.2, -0.15) is 4.31 Å². The van der Waals surface area contributed by atoms with Gasteiger partial charge in [-0.3, -0.25) is 23.7 Å². The molecule has 0 aliphatic carbocycles. The second-order valence-electron chi connectivity index (χ2n) is 9.24. The average Bonchev–Trinajstić information content (AvgIpc) is 3.41. The molecule has 212 valence electrons. The lowest BCUT2D eigenvalue weighted by molar-refractivity contribution is -0.142. The average molecular weight is 561 g/mol. The number of carbonyl (C=O) groups is 3. The number of hydrogen-bond donors (Lipinski definition) is 7. The number of aliphatic imine (C=N–C) groups is 1. The number of rotatable bonds is 13. The highest BCUT2D eigenvalue weighted by Crippen LogP contribution is 2.54. The van der Waals surface area contributed by atoms with Crippen molar-refractivity contribution < 1.29 is 28.6 Å². The molecule has 2 amide bonds. The van der Waals surface area contributed by atoms with E-state index in [1.54, 1.807) is 54.6 Å². The number of nitrogens with zero attached hydrogens (tertiary/aromatic N) is 2. The first-order valence-electron chi connectivity index (χ1n) is 12.7. The van der Waals surface area contributed by atoms with Crippen LogP contribution in [0.1, 0.15) is 37.7 Å². The number of aliphatic carboxylic acids is 1. The van der Waals surface area contributed by atoms with Crippen LogP contribution < -0.4 is 22.1 Å². The monoisotopic (exact) mass is 560 g/mol. The molecule has 0 spiro atoms. The number of amides is 2. The van der Waals surface area contributed by atoms with Crippen molar-refractivity contribution in [3.05, 3.63) is 60.2 Å². The molecule has 13 heteroatoms. The van der Waals surface area contributed by atoms with E-state index in [2.05, 4.69) is 15.6 Å². The van der Waals surface area contributed by atoms with Crippen molar-refractivity contribution in [1.82, 2.24) is 9.62 Å². The smallest absolute Gasteiger partial charge is 0.326 e. The highest BCUT2D eigenvalue weighted by molar-refractivity contribution is 8.22. The van der Waals surface area contributed by atoms with Gasteiger partial charge in [0.15, 0.2) is 5.96 Å². The molecule has 2 aromatic carbocycles. The summed E-state index contributed by atoms with van der Waals surface area (Å²) < 4.78 is 23.1. The van der Waals surface area contributed by atoms with E-state index >= 15 is 0 Å². The fourth-order valence-corrected chi connectivity index (χ4v) is 6.03. The third-order valence-electron chi connectivity index (χ3n) is 6.29. The van der Waals surface area contributed by atoms with Crippen LogP contribution in [-0.4, -0.2) is 67.4 Å². The SMILES string of the molecule is NC(N)=NCCCCC(=O)Nc1ccc(C[C@H](NC(=O)[C@@H]2CCCN2S(O)(O)c2ccccc2)C(=O)O)cc1. The molecule has 39 heavy (non-hydrogen) atoms. The van der Waals surface area contributed by atoms with E-state index in [0.29, 0.717) is 61.3 Å². The number of hydrogen-bond acceptors (Lipinski definition) is 7. The first-order valence-corrected chi connectivity index (χ1v) is 14.2. The summed E-state index contributed by atoms with van der Waals surface area (Å²) in [5, 5.41) is 15.1. The topological polar surface area (TPSA) is 204 Å². The van der Waals surface area contributed by atoms with E-state index in [-0.39, 0.29) is 18.3 Å². The lowest BCUT2D eigenvalue weighted by Crippen LogP contribution is -2.50. The van der Waals surface area contributed by atoms with Crippen molar-refractivity contribution in [3.63, 3.8) is 0 Å². The Morgan fingerprint density at radius 2 is 1.74 bits per heavy atom. The van der Waals surface area contributed by atoms with Gasteiger partial charge in [0.25, 0.3) is 0 Å². The predicted molar refractivity (Wildman–Crippen MR) is 150 cm³/mol. The molecule has 1 heterocycles. The molecule has 1 fully saturated rings. The highest BCUT2D eigenvalue weighted by atomic mass is 32.3. The molecule has 0 bridgehead atoms. The molecule has 9 N–H and O–H groups in total. The van der Waals surface area contributed by atoms with Crippen molar-refractivity contribution in [3.8, 4) is 0 Å². The number of unbranched alkanes of at least 4 members (excludes halogenated alkanes) is 1. The van der Waals surface area contributed by atoms with Crippen LogP contribution in [0.15, 0.2) is 64.5 Å². The summed E-state index contributed by atoms with van der Waals surface area (Å²) in [6, 6.07) is 12.9. The number of guanidine groups is 1. The Kier molecular flexibility index (Phi) is 10.7.